The maximum atomic E-state index is 13.5. The Morgan fingerprint density at radius 1 is 1.06 bits per heavy atom. The van der Waals surface area contributed by atoms with Gasteiger partial charge < -0.3 is 24.4 Å². The van der Waals surface area contributed by atoms with Crippen LogP contribution in [0.4, 0.5) is 4.39 Å². The average molecular weight is 471 g/mol. The minimum Gasteiger partial charge on any atom is -0.507 e. The summed E-state index contributed by atoms with van der Waals surface area (Å²) in [4.78, 5) is 30.0. The number of likely N-dealkylation sites (tertiary alicyclic amines) is 1. The largest absolute Gasteiger partial charge is 0.507 e. The van der Waals surface area contributed by atoms with Crippen molar-refractivity contribution in [1.29, 1.82) is 0 Å². The predicted molar refractivity (Wildman–Crippen MR) is 127 cm³/mol. The molecule has 1 saturated heterocycles. The molecule has 8 heteroatoms. The number of amides is 1. The lowest BCUT2D eigenvalue weighted by atomic mass is 9.94. The highest BCUT2D eigenvalue weighted by atomic mass is 19.1. The summed E-state index contributed by atoms with van der Waals surface area (Å²) >= 11 is 0. The van der Waals surface area contributed by atoms with Gasteiger partial charge in [0.15, 0.2) is 0 Å². The van der Waals surface area contributed by atoms with Crippen LogP contribution in [0.5, 0.6) is 11.5 Å². The molecule has 0 bridgehead atoms. The van der Waals surface area contributed by atoms with E-state index in [9.17, 15) is 19.1 Å². The Morgan fingerprint density at radius 3 is 2.32 bits per heavy atom. The Bertz CT molecular complexity index is 1060. The molecule has 3 rings (SSSR count). The van der Waals surface area contributed by atoms with E-state index in [2.05, 4.69) is 18.7 Å². The first-order valence-corrected chi connectivity index (χ1v) is 11.3. The van der Waals surface area contributed by atoms with Gasteiger partial charge >= 0.3 is 0 Å². The van der Waals surface area contributed by atoms with Crippen LogP contribution in [-0.2, 0) is 9.59 Å². The van der Waals surface area contributed by atoms with E-state index in [1.54, 1.807) is 18.2 Å². The summed E-state index contributed by atoms with van der Waals surface area (Å²) in [7, 11) is 3.02. The van der Waals surface area contributed by atoms with E-state index in [0.29, 0.717) is 30.0 Å². The van der Waals surface area contributed by atoms with Gasteiger partial charge in [-0.25, -0.2) is 4.39 Å². The van der Waals surface area contributed by atoms with Gasteiger partial charge in [-0.15, -0.1) is 0 Å². The van der Waals surface area contributed by atoms with Gasteiger partial charge in [-0.3, -0.25) is 9.59 Å². The Morgan fingerprint density at radius 2 is 1.74 bits per heavy atom. The Balaban J connectivity index is 2.13. The summed E-state index contributed by atoms with van der Waals surface area (Å²) in [6, 6.07) is 9.36. The third-order valence-corrected chi connectivity index (χ3v) is 6.16. The molecule has 1 N–H and O–H groups in total. The number of methoxy groups -OCH3 is 2. The lowest BCUT2D eigenvalue weighted by Crippen LogP contribution is -2.33. The molecule has 182 valence electrons. The molecule has 1 fully saturated rings. The third kappa shape index (κ3) is 5.07. The molecule has 0 saturated carbocycles. The zero-order valence-electron chi connectivity index (χ0n) is 20.0. The Labute approximate surface area is 199 Å². The number of ether oxygens (including phenoxy) is 2. The molecule has 7 nitrogen and oxygen atoms in total. The quantitative estimate of drug-likeness (QED) is 0.321. The van der Waals surface area contributed by atoms with Crippen molar-refractivity contribution in [2.24, 2.45) is 0 Å². The molecule has 0 aromatic heterocycles. The molecule has 2 aromatic rings. The van der Waals surface area contributed by atoms with E-state index < -0.39 is 23.5 Å². The van der Waals surface area contributed by atoms with Crippen LogP contribution in [0.25, 0.3) is 5.76 Å². The van der Waals surface area contributed by atoms with Gasteiger partial charge in [-0.1, -0.05) is 13.8 Å². The first-order valence-electron chi connectivity index (χ1n) is 11.3. The van der Waals surface area contributed by atoms with E-state index in [-0.39, 0.29) is 16.9 Å². The second-order valence-corrected chi connectivity index (χ2v) is 7.99. The number of Topliss-reactive ketones (excluding diaryl/α,β-unsaturated/α-hetero) is 1. The number of carbonyl (C=O) groups excluding carboxylic acids is 2. The molecule has 1 aliphatic rings. The molecule has 0 aliphatic carbocycles. The third-order valence-electron chi connectivity index (χ3n) is 6.16. The summed E-state index contributed by atoms with van der Waals surface area (Å²) in [6.45, 7) is 6.97. The number of aliphatic hydroxyl groups excluding tert-OH is 1. The monoisotopic (exact) mass is 470 g/mol. The standard InChI is InChI=1S/C26H31FN2O5/c1-5-28(6-2)14-7-15-29-23(20-16-19(33-3)12-13-21(20)34-4)22(25(31)26(29)32)24(30)17-8-10-18(27)11-9-17/h8-13,16,23,30H,5-7,14-15H2,1-4H3/b24-22+/t23-/m0/s1. The van der Waals surface area contributed by atoms with Gasteiger partial charge in [0.25, 0.3) is 11.7 Å². The Kier molecular flexibility index (Phi) is 8.28. The molecule has 1 atom stereocenters. The summed E-state index contributed by atoms with van der Waals surface area (Å²) in [5, 5.41) is 11.1. The van der Waals surface area contributed by atoms with Crippen molar-refractivity contribution in [2.45, 2.75) is 26.3 Å². The normalized spacial score (nSPS) is 17.5. The van der Waals surface area contributed by atoms with Gasteiger partial charge in [-0.2, -0.15) is 0 Å². The highest BCUT2D eigenvalue weighted by Crippen LogP contribution is 2.43. The summed E-state index contributed by atoms with van der Waals surface area (Å²) in [5.41, 5.74) is 0.702. The van der Waals surface area contributed by atoms with Gasteiger partial charge in [0.2, 0.25) is 0 Å². The van der Waals surface area contributed by atoms with Crippen molar-refractivity contribution in [3.8, 4) is 11.5 Å². The van der Waals surface area contributed by atoms with Crippen molar-refractivity contribution in [3.05, 3.63) is 65.0 Å². The highest BCUT2D eigenvalue weighted by Gasteiger charge is 2.47. The number of nitrogens with zero attached hydrogens (tertiary/aromatic N) is 2. The van der Waals surface area contributed by atoms with Crippen LogP contribution in [0.15, 0.2) is 48.0 Å². The fourth-order valence-electron chi connectivity index (χ4n) is 4.25. The number of hydrogen-bond acceptors (Lipinski definition) is 6. The summed E-state index contributed by atoms with van der Waals surface area (Å²) in [6.07, 6.45) is 0.647. The predicted octanol–water partition coefficient (Wildman–Crippen LogP) is 4.00. The number of carbonyl (C=O) groups is 2. The zero-order valence-corrected chi connectivity index (χ0v) is 20.0. The second-order valence-electron chi connectivity index (χ2n) is 7.99. The van der Waals surface area contributed by atoms with E-state index in [1.165, 1.54) is 43.4 Å². The molecular formula is C26H31FN2O5. The number of rotatable bonds is 10. The Hall–Kier alpha value is -3.39. The SMILES string of the molecule is CCN(CC)CCCN1C(=O)C(=O)/C(=C(/O)c2ccc(F)cc2)[C@@H]1c1cc(OC)ccc1OC. The summed E-state index contributed by atoms with van der Waals surface area (Å²) < 4.78 is 24.4. The van der Waals surface area contributed by atoms with E-state index in [4.69, 9.17) is 9.47 Å². The van der Waals surface area contributed by atoms with Crippen molar-refractivity contribution < 1.29 is 28.6 Å². The van der Waals surface area contributed by atoms with Crippen molar-refractivity contribution in [2.75, 3.05) is 40.4 Å². The maximum Gasteiger partial charge on any atom is 0.295 e. The van der Waals surface area contributed by atoms with Crippen LogP contribution in [0.2, 0.25) is 0 Å². The first kappa shape index (κ1) is 25.2. The van der Waals surface area contributed by atoms with E-state index in [1.807, 2.05) is 0 Å². The van der Waals surface area contributed by atoms with Crippen LogP contribution in [0.3, 0.4) is 0 Å². The molecule has 34 heavy (non-hydrogen) atoms. The lowest BCUT2D eigenvalue weighted by Gasteiger charge is -2.28. The number of aliphatic hydroxyl groups is 1. The topological polar surface area (TPSA) is 79.3 Å². The van der Waals surface area contributed by atoms with Gasteiger partial charge in [0, 0.05) is 17.7 Å². The molecule has 0 spiro atoms. The molecular weight excluding hydrogens is 439 g/mol. The van der Waals surface area contributed by atoms with Crippen LogP contribution >= 0.6 is 0 Å². The van der Waals surface area contributed by atoms with Gasteiger partial charge in [-0.05, 0) is 68.5 Å². The molecule has 0 radical (unpaired) electrons. The summed E-state index contributed by atoms with van der Waals surface area (Å²) in [5.74, 6) is -1.35. The molecule has 1 heterocycles. The van der Waals surface area contributed by atoms with Crippen LogP contribution in [-0.4, -0.2) is 67.0 Å². The fourth-order valence-corrected chi connectivity index (χ4v) is 4.25. The van der Waals surface area contributed by atoms with Crippen LogP contribution in [0, 0.1) is 5.82 Å². The lowest BCUT2D eigenvalue weighted by molar-refractivity contribution is -0.140. The fraction of sp³-hybridized carbons (Fsp3) is 0.385. The molecule has 0 unspecified atom stereocenters. The van der Waals surface area contributed by atoms with E-state index in [0.717, 1.165) is 19.6 Å². The number of benzene rings is 2. The second kappa shape index (κ2) is 11.2. The van der Waals surface area contributed by atoms with Crippen LogP contribution in [0.1, 0.15) is 37.4 Å². The van der Waals surface area contributed by atoms with E-state index >= 15 is 0 Å². The van der Waals surface area contributed by atoms with Crippen LogP contribution < -0.4 is 9.47 Å². The minimum absolute atomic E-state index is 0.0639. The number of hydrogen-bond donors (Lipinski definition) is 1. The highest BCUT2D eigenvalue weighted by molar-refractivity contribution is 6.46. The number of halogens is 1. The zero-order chi connectivity index (χ0) is 24.8. The average Bonchev–Trinajstić information content (AvgIpc) is 3.11. The molecule has 1 amide bonds. The molecule has 1 aliphatic heterocycles. The maximum absolute atomic E-state index is 13.5. The van der Waals surface area contributed by atoms with Gasteiger partial charge in [0.1, 0.15) is 23.1 Å². The molecule has 2 aromatic carbocycles. The van der Waals surface area contributed by atoms with Crippen molar-refractivity contribution in [1.82, 2.24) is 9.80 Å². The van der Waals surface area contributed by atoms with Gasteiger partial charge in [0.05, 0.1) is 25.8 Å². The number of ketones is 1. The van der Waals surface area contributed by atoms with Crippen molar-refractivity contribution >= 4 is 17.4 Å². The van der Waals surface area contributed by atoms with Crippen molar-refractivity contribution in [3.63, 3.8) is 0 Å². The first-order chi connectivity index (χ1) is 16.4. The smallest absolute Gasteiger partial charge is 0.295 e. The minimum atomic E-state index is -0.883.